The number of carbonyl (C=O) groups excluding carboxylic acids is 1. The van der Waals surface area contributed by atoms with Crippen LogP contribution in [0.5, 0.6) is 0 Å². The number of carboxylic acid groups (broad SMARTS) is 1. The minimum atomic E-state index is -0.824. The topological polar surface area (TPSA) is 82.0 Å². The van der Waals surface area contributed by atoms with Crippen LogP contribution in [0, 0.1) is 5.92 Å². The summed E-state index contributed by atoms with van der Waals surface area (Å²) < 4.78 is 0. The summed E-state index contributed by atoms with van der Waals surface area (Å²) in [6, 6.07) is 9.85. The molecule has 1 aromatic rings. The van der Waals surface area contributed by atoms with Gasteiger partial charge in [0.1, 0.15) is 0 Å². The number of benzene rings is 1. The average Bonchev–Trinajstić information content (AvgIpc) is 2.62. The molecule has 1 saturated heterocycles. The first-order valence-electron chi connectivity index (χ1n) is 8.95. The molecule has 0 aromatic heterocycles. The summed E-state index contributed by atoms with van der Waals surface area (Å²) in [5.41, 5.74) is 1.10. The summed E-state index contributed by atoms with van der Waals surface area (Å²) in [6.45, 7) is 3.21. The molecular weight excluding hydrogens is 318 g/mol. The summed E-state index contributed by atoms with van der Waals surface area (Å²) in [4.78, 5) is 27.8. The highest BCUT2D eigenvalue weighted by Crippen LogP contribution is 2.21. The molecule has 0 amide bonds. The van der Waals surface area contributed by atoms with Crippen LogP contribution >= 0.6 is 0 Å². The Balaban J connectivity index is 1.87. The number of rotatable bonds is 10. The van der Waals surface area contributed by atoms with Gasteiger partial charge in [0, 0.05) is 13.1 Å². The molecule has 2 N–H and O–H groups in total. The van der Waals surface area contributed by atoms with E-state index in [1.165, 1.54) is 0 Å². The molecule has 1 aliphatic rings. The monoisotopic (exact) mass is 345 g/mol. The first-order chi connectivity index (χ1) is 12.2. The number of nitrogens with zero attached hydrogens (tertiary/aromatic N) is 2. The Labute approximate surface area is 148 Å². The molecule has 2 atom stereocenters. The van der Waals surface area contributed by atoms with Crippen molar-refractivity contribution in [3.8, 4) is 0 Å². The SMILES string of the molecule is O=C=NC(CCCN(CC(=O)O)Cc1ccccc1)C1CCCNC1. The first kappa shape index (κ1) is 19.3. The van der Waals surface area contributed by atoms with Gasteiger partial charge in [0.25, 0.3) is 0 Å². The summed E-state index contributed by atoms with van der Waals surface area (Å²) in [7, 11) is 0. The predicted molar refractivity (Wildman–Crippen MR) is 96.1 cm³/mol. The zero-order valence-electron chi connectivity index (χ0n) is 14.6. The van der Waals surface area contributed by atoms with E-state index in [1.807, 2.05) is 35.2 Å². The fourth-order valence-corrected chi connectivity index (χ4v) is 3.45. The summed E-state index contributed by atoms with van der Waals surface area (Å²) in [6.07, 6.45) is 5.49. The summed E-state index contributed by atoms with van der Waals surface area (Å²) in [5.74, 6) is -0.452. The van der Waals surface area contributed by atoms with Crippen molar-refractivity contribution in [2.24, 2.45) is 10.9 Å². The van der Waals surface area contributed by atoms with Gasteiger partial charge >= 0.3 is 5.97 Å². The second-order valence-corrected chi connectivity index (χ2v) is 6.63. The minimum Gasteiger partial charge on any atom is -0.480 e. The molecule has 0 bridgehead atoms. The molecule has 6 heteroatoms. The van der Waals surface area contributed by atoms with Crippen LogP contribution in [0.3, 0.4) is 0 Å². The van der Waals surface area contributed by atoms with Crippen molar-refractivity contribution >= 4 is 12.0 Å². The van der Waals surface area contributed by atoms with E-state index in [0.717, 1.165) is 44.3 Å². The van der Waals surface area contributed by atoms with E-state index in [9.17, 15) is 9.59 Å². The average molecular weight is 345 g/mol. The van der Waals surface area contributed by atoms with Gasteiger partial charge in [0.05, 0.1) is 12.6 Å². The van der Waals surface area contributed by atoms with Crippen molar-refractivity contribution in [1.29, 1.82) is 0 Å². The van der Waals surface area contributed by atoms with Gasteiger partial charge in [-0.05, 0) is 50.3 Å². The Morgan fingerprint density at radius 3 is 2.84 bits per heavy atom. The number of hydrogen-bond donors (Lipinski definition) is 2. The second-order valence-electron chi connectivity index (χ2n) is 6.63. The Morgan fingerprint density at radius 2 is 2.20 bits per heavy atom. The van der Waals surface area contributed by atoms with Gasteiger partial charge in [-0.15, -0.1) is 0 Å². The van der Waals surface area contributed by atoms with Crippen LogP contribution in [0.2, 0.25) is 0 Å². The fourth-order valence-electron chi connectivity index (χ4n) is 3.45. The number of isocyanates is 1. The fraction of sp³-hybridized carbons (Fsp3) is 0.579. The van der Waals surface area contributed by atoms with Crippen molar-refractivity contribution in [2.45, 2.75) is 38.3 Å². The summed E-state index contributed by atoms with van der Waals surface area (Å²) >= 11 is 0. The van der Waals surface area contributed by atoms with Crippen LogP contribution in [0.15, 0.2) is 35.3 Å². The normalized spacial score (nSPS) is 18.5. The molecule has 6 nitrogen and oxygen atoms in total. The Morgan fingerprint density at radius 1 is 1.40 bits per heavy atom. The van der Waals surface area contributed by atoms with Gasteiger partial charge in [0.15, 0.2) is 0 Å². The van der Waals surface area contributed by atoms with Crippen LogP contribution in [-0.2, 0) is 16.1 Å². The van der Waals surface area contributed by atoms with Crippen LogP contribution < -0.4 is 5.32 Å². The highest BCUT2D eigenvalue weighted by molar-refractivity contribution is 5.69. The number of aliphatic carboxylic acids is 1. The first-order valence-corrected chi connectivity index (χ1v) is 8.95. The number of nitrogens with one attached hydrogen (secondary N) is 1. The predicted octanol–water partition coefficient (Wildman–Crippen LogP) is 2.06. The lowest BCUT2D eigenvalue weighted by atomic mass is 9.89. The van der Waals surface area contributed by atoms with E-state index in [-0.39, 0.29) is 12.6 Å². The smallest absolute Gasteiger partial charge is 0.317 e. The van der Waals surface area contributed by atoms with E-state index in [4.69, 9.17) is 5.11 Å². The van der Waals surface area contributed by atoms with E-state index < -0.39 is 5.97 Å². The minimum absolute atomic E-state index is 0.0154. The molecule has 1 aromatic carbocycles. The van der Waals surface area contributed by atoms with Gasteiger partial charge in [-0.2, -0.15) is 0 Å². The number of carbonyl (C=O) groups is 1. The zero-order chi connectivity index (χ0) is 17.9. The van der Waals surface area contributed by atoms with Gasteiger partial charge in [-0.1, -0.05) is 30.3 Å². The van der Waals surface area contributed by atoms with Gasteiger partial charge in [0.2, 0.25) is 6.08 Å². The Kier molecular flexibility index (Phi) is 8.32. The largest absolute Gasteiger partial charge is 0.480 e. The van der Waals surface area contributed by atoms with Crippen LogP contribution in [0.1, 0.15) is 31.2 Å². The highest BCUT2D eigenvalue weighted by atomic mass is 16.4. The van der Waals surface area contributed by atoms with Crippen molar-refractivity contribution in [3.05, 3.63) is 35.9 Å². The maximum Gasteiger partial charge on any atom is 0.317 e. The van der Waals surface area contributed by atoms with Gasteiger partial charge < -0.3 is 10.4 Å². The Hall–Kier alpha value is -2.01. The number of hydrogen-bond acceptors (Lipinski definition) is 5. The molecule has 1 aliphatic heterocycles. The third kappa shape index (κ3) is 7.18. The quantitative estimate of drug-likeness (QED) is 0.501. The Bertz CT molecular complexity index is 567. The molecule has 0 radical (unpaired) electrons. The number of carboxylic acids is 1. The van der Waals surface area contributed by atoms with Crippen molar-refractivity contribution in [2.75, 3.05) is 26.2 Å². The lowest BCUT2D eigenvalue weighted by molar-refractivity contribution is -0.138. The molecule has 0 saturated carbocycles. The lowest BCUT2D eigenvalue weighted by Crippen LogP contribution is -2.36. The molecule has 136 valence electrons. The number of aliphatic imine (C=N–C) groups is 1. The van der Waals surface area contributed by atoms with E-state index in [0.29, 0.717) is 19.0 Å². The maximum absolute atomic E-state index is 11.1. The van der Waals surface area contributed by atoms with E-state index in [2.05, 4.69) is 10.3 Å². The molecular formula is C19H27N3O3. The van der Waals surface area contributed by atoms with Crippen LogP contribution in [-0.4, -0.2) is 54.3 Å². The van der Waals surface area contributed by atoms with Crippen LogP contribution in [0.4, 0.5) is 0 Å². The van der Waals surface area contributed by atoms with Crippen molar-refractivity contribution < 1.29 is 14.7 Å². The molecule has 0 spiro atoms. The molecule has 0 aliphatic carbocycles. The van der Waals surface area contributed by atoms with Gasteiger partial charge in [-0.3, -0.25) is 9.69 Å². The molecule has 2 rings (SSSR count). The maximum atomic E-state index is 11.1. The molecule has 1 heterocycles. The molecule has 25 heavy (non-hydrogen) atoms. The second kappa shape index (κ2) is 10.8. The molecule has 2 unspecified atom stereocenters. The third-order valence-corrected chi connectivity index (χ3v) is 4.68. The van der Waals surface area contributed by atoms with E-state index in [1.54, 1.807) is 6.08 Å². The lowest BCUT2D eigenvalue weighted by Gasteiger charge is -2.28. The van der Waals surface area contributed by atoms with Gasteiger partial charge in [-0.25, -0.2) is 9.79 Å². The molecule has 1 fully saturated rings. The van der Waals surface area contributed by atoms with Crippen molar-refractivity contribution in [1.82, 2.24) is 10.2 Å². The third-order valence-electron chi connectivity index (χ3n) is 4.68. The number of piperidine rings is 1. The standard InChI is InChI=1S/C19H27N3O3/c23-15-21-18(17-8-4-10-20-12-17)9-5-11-22(14-19(24)25)13-16-6-2-1-3-7-16/h1-3,6-7,17-18,20H,4-5,8-14H2,(H,24,25). The zero-order valence-corrected chi connectivity index (χ0v) is 14.6. The highest BCUT2D eigenvalue weighted by Gasteiger charge is 2.23. The van der Waals surface area contributed by atoms with Crippen molar-refractivity contribution in [3.63, 3.8) is 0 Å². The van der Waals surface area contributed by atoms with Crippen LogP contribution in [0.25, 0.3) is 0 Å². The van der Waals surface area contributed by atoms with E-state index >= 15 is 0 Å². The summed E-state index contributed by atoms with van der Waals surface area (Å²) in [5, 5.41) is 12.5.